The van der Waals surface area contributed by atoms with Crippen molar-refractivity contribution < 1.29 is 4.74 Å². The predicted molar refractivity (Wildman–Crippen MR) is 91.5 cm³/mol. The van der Waals surface area contributed by atoms with Crippen molar-refractivity contribution in [3.05, 3.63) is 30.5 Å². The summed E-state index contributed by atoms with van der Waals surface area (Å²) in [6, 6.07) is 8.74. The Kier molecular flexibility index (Phi) is 4.54. The van der Waals surface area contributed by atoms with E-state index in [4.69, 9.17) is 4.74 Å². The van der Waals surface area contributed by atoms with Gasteiger partial charge in [0.1, 0.15) is 11.6 Å². The molecule has 1 heterocycles. The van der Waals surface area contributed by atoms with Crippen LogP contribution in [0, 0.1) is 0 Å². The number of thioether (sulfide) groups is 1. The second-order valence-corrected chi connectivity index (χ2v) is 6.74. The third-order valence-corrected chi connectivity index (χ3v) is 5.46. The molecule has 0 bridgehead atoms. The average Bonchev–Trinajstić information content (AvgIpc) is 2.55. The topological polar surface area (TPSA) is 34.1 Å². The van der Waals surface area contributed by atoms with Crippen LogP contribution in [0.5, 0.6) is 5.75 Å². The van der Waals surface area contributed by atoms with Gasteiger partial charge < -0.3 is 10.1 Å². The van der Waals surface area contributed by atoms with E-state index in [9.17, 15) is 0 Å². The Morgan fingerprint density at radius 2 is 2.00 bits per heavy atom. The fourth-order valence-electron chi connectivity index (χ4n) is 3.03. The minimum Gasteiger partial charge on any atom is -0.497 e. The Bertz CT molecular complexity index is 609. The van der Waals surface area contributed by atoms with Crippen molar-refractivity contribution in [1.29, 1.82) is 0 Å². The maximum Gasteiger partial charge on any atom is 0.134 e. The molecule has 1 fully saturated rings. The molecule has 0 radical (unpaired) electrons. The van der Waals surface area contributed by atoms with Gasteiger partial charge in [0.15, 0.2) is 0 Å². The van der Waals surface area contributed by atoms with Crippen LogP contribution >= 0.6 is 11.8 Å². The van der Waals surface area contributed by atoms with Gasteiger partial charge in [-0.3, -0.25) is 0 Å². The minimum atomic E-state index is 0.550. The Morgan fingerprint density at radius 1 is 1.19 bits per heavy atom. The first-order valence-electron chi connectivity index (χ1n) is 7.52. The molecule has 0 unspecified atom stereocenters. The van der Waals surface area contributed by atoms with Gasteiger partial charge in [0.05, 0.1) is 7.11 Å². The van der Waals surface area contributed by atoms with Gasteiger partial charge in [0.2, 0.25) is 0 Å². The van der Waals surface area contributed by atoms with Crippen LogP contribution in [0.3, 0.4) is 0 Å². The average molecular weight is 302 g/mol. The van der Waals surface area contributed by atoms with E-state index in [2.05, 4.69) is 28.7 Å². The van der Waals surface area contributed by atoms with Crippen LogP contribution in [0.1, 0.15) is 25.7 Å². The summed E-state index contributed by atoms with van der Waals surface area (Å²) in [5, 5.41) is 6.83. The van der Waals surface area contributed by atoms with E-state index in [0.29, 0.717) is 6.04 Å². The highest BCUT2D eigenvalue weighted by Gasteiger charge is 2.21. The highest BCUT2D eigenvalue weighted by molar-refractivity contribution is 7.99. The van der Waals surface area contributed by atoms with Crippen molar-refractivity contribution in [1.82, 2.24) is 4.98 Å². The van der Waals surface area contributed by atoms with Crippen molar-refractivity contribution in [3.63, 3.8) is 0 Å². The van der Waals surface area contributed by atoms with Gasteiger partial charge in [-0.1, -0.05) is 0 Å². The summed E-state index contributed by atoms with van der Waals surface area (Å²) in [5.74, 6) is 1.89. The Balaban J connectivity index is 1.78. The molecule has 1 aliphatic rings. The van der Waals surface area contributed by atoms with Gasteiger partial charge in [-0.2, -0.15) is 11.8 Å². The summed E-state index contributed by atoms with van der Waals surface area (Å²) in [6.07, 6.45) is 9.17. The third kappa shape index (κ3) is 3.26. The second kappa shape index (κ2) is 6.56. The first kappa shape index (κ1) is 14.5. The highest BCUT2D eigenvalue weighted by Crippen LogP contribution is 2.31. The summed E-state index contributed by atoms with van der Waals surface area (Å²) >= 11 is 2.00. The van der Waals surface area contributed by atoms with E-state index in [1.807, 2.05) is 30.1 Å². The number of hydrogen-bond acceptors (Lipinski definition) is 4. The molecule has 1 N–H and O–H groups in total. The molecule has 1 aromatic heterocycles. The summed E-state index contributed by atoms with van der Waals surface area (Å²) < 4.78 is 5.29. The molecule has 1 aromatic carbocycles. The Labute approximate surface area is 130 Å². The number of ether oxygens (including phenoxy) is 1. The largest absolute Gasteiger partial charge is 0.497 e. The zero-order valence-corrected chi connectivity index (χ0v) is 13.5. The number of benzene rings is 1. The molecule has 0 amide bonds. The van der Waals surface area contributed by atoms with Crippen molar-refractivity contribution >= 4 is 28.4 Å². The normalized spacial score (nSPS) is 22.2. The molecule has 2 aromatic rings. The molecular formula is C17H22N2OS. The van der Waals surface area contributed by atoms with Crippen LogP contribution in [0.2, 0.25) is 0 Å². The zero-order chi connectivity index (χ0) is 14.7. The van der Waals surface area contributed by atoms with Crippen LogP contribution in [0.25, 0.3) is 10.8 Å². The molecule has 1 aliphatic carbocycles. The van der Waals surface area contributed by atoms with Gasteiger partial charge in [0, 0.05) is 22.9 Å². The van der Waals surface area contributed by atoms with Crippen molar-refractivity contribution in [2.45, 2.75) is 37.0 Å². The van der Waals surface area contributed by atoms with Crippen LogP contribution in [0.15, 0.2) is 30.5 Å². The summed E-state index contributed by atoms with van der Waals surface area (Å²) in [7, 11) is 1.70. The lowest BCUT2D eigenvalue weighted by Crippen LogP contribution is -2.27. The maximum atomic E-state index is 5.29. The SMILES string of the molecule is COc1ccc2c(NC3CCC(SC)CC3)nccc2c1. The van der Waals surface area contributed by atoms with Gasteiger partial charge in [-0.25, -0.2) is 4.98 Å². The maximum absolute atomic E-state index is 5.29. The third-order valence-electron chi connectivity index (χ3n) is 4.32. The molecule has 112 valence electrons. The Morgan fingerprint density at radius 3 is 2.71 bits per heavy atom. The van der Waals surface area contributed by atoms with Crippen LogP contribution in [0.4, 0.5) is 5.82 Å². The summed E-state index contributed by atoms with van der Waals surface area (Å²) in [5.41, 5.74) is 0. The number of pyridine rings is 1. The zero-order valence-electron chi connectivity index (χ0n) is 12.6. The van der Waals surface area contributed by atoms with E-state index < -0.39 is 0 Å². The predicted octanol–water partition coefficient (Wildman–Crippen LogP) is 4.33. The second-order valence-electron chi connectivity index (χ2n) is 5.60. The van der Waals surface area contributed by atoms with E-state index in [1.54, 1.807) is 7.11 Å². The van der Waals surface area contributed by atoms with E-state index in [0.717, 1.165) is 16.8 Å². The van der Waals surface area contributed by atoms with Crippen molar-refractivity contribution in [2.24, 2.45) is 0 Å². The smallest absolute Gasteiger partial charge is 0.134 e. The van der Waals surface area contributed by atoms with E-state index >= 15 is 0 Å². The van der Waals surface area contributed by atoms with Gasteiger partial charge >= 0.3 is 0 Å². The quantitative estimate of drug-likeness (QED) is 0.911. The fourth-order valence-corrected chi connectivity index (χ4v) is 3.78. The number of nitrogens with zero attached hydrogens (tertiary/aromatic N) is 1. The van der Waals surface area contributed by atoms with Crippen LogP contribution in [-0.2, 0) is 0 Å². The lowest BCUT2D eigenvalue weighted by Gasteiger charge is -2.28. The van der Waals surface area contributed by atoms with Crippen LogP contribution < -0.4 is 10.1 Å². The van der Waals surface area contributed by atoms with Crippen molar-refractivity contribution in [3.8, 4) is 5.75 Å². The first-order chi connectivity index (χ1) is 10.3. The molecule has 0 saturated heterocycles. The van der Waals surface area contributed by atoms with Crippen molar-refractivity contribution in [2.75, 3.05) is 18.7 Å². The lowest BCUT2D eigenvalue weighted by atomic mass is 9.95. The molecule has 0 spiro atoms. The molecule has 0 aliphatic heterocycles. The number of fused-ring (bicyclic) bond motifs is 1. The molecule has 3 nitrogen and oxygen atoms in total. The fraction of sp³-hybridized carbons (Fsp3) is 0.471. The number of nitrogens with one attached hydrogen (secondary N) is 1. The number of methoxy groups -OCH3 is 1. The van der Waals surface area contributed by atoms with Gasteiger partial charge in [-0.05, 0) is 61.6 Å². The molecule has 4 heteroatoms. The van der Waals surface area contributed by atoms with Gasteiger partial charge in [-0.15, -0.1) is 0 Å². The van der Waals surface area contributed by atoms with Crippen LogP contribution in [-0.4, -0.2) is 29.6 Å². The highest BCUT2D eigenvalue weighted by atomic mass is 32.2. The Hall–Kier alpha value is -1.42. The van der Waals surface area contributed by atoms with E-state index in [-0.39, 0.29) is 0 Å². The summed E-state index contributed by atoms with van der Waals surface area (Å²) in [6.45, 7) is 0. The minimum absolute atomic E-state index is 0.550. The number of aromatic nitrogens is 1. The monoisotopic (exact) mass is 302 g/mol. The van der Waals surface area contributed by atoms with Gasteiger partial charge in [0.25, 0.3) is 0 Å². The molecule has 0 atom stereocenters. The van der Waals surface area contributed by atoms with E-state index in [1.165, 1.54) is 36.5 Å². The number of anilines is 1. The molecule has 3 rings (SSSR count). The first-order valence-corrected chi connectivity index (χ1v) is 8.81. The lowest BCUT2D eigenvalue weighted by molar-refractivity contribution is 0.415. The molecule has 21 heavy (non-hydrogen) atoms. The summed E-state index contributed by atoms with van der Waals surface area (Å²) in [4.78, 5) is 4.54. The standard InChI is InChI=1S/C17H22N2OS/c1-20-14-5-8-16-12(11-14)9-10-18-17(16)19-13-3-6-15(21-2)7-4-13/h5,8-11,13,15H,3-4,6-7H2,1-2H3,(H,18,19). The number of hydrogen-bond donors (Lipinski definition) is 1. The number of rotatable bonds is 4. The molecule has 1 saturated carbocycles. The molecular weight excluding hydrogens is 280 g/mol.